The van der Waals surface area contributed by atoms with Gasteiger partial charge in [-0.25, -0.2) is 0 Å². The van der Waals surface area contributed by atoms with Gasteiger partial charge in [0.15, 0.2) is 0 Å². The van der Waals surface area contributed by atoms with Crippen molar-refractivity contribution in [2.45, 2.75) is 0 Å². The van der Waals surface area contributed by atoms with E-state index < -0.39 is 0 Å². The minimum absolute atomic E-state index is 0.497. The van der Waals surface area contributed by atoms with Crippen molar-refractivity contribution in [1.82, 2.24) is 10.2 Å². The van der Waals surface area contributed by atoms with E-state index >= 15 is 0 Å². The van der Waals surface area contributed by atoms with Crippen LogP contribution in [0.25, 0.3) is 0 Å². The molecular formula is C8H13N3. The zero-order valence-corrected chi connectivity index (χ0v) is 6.58. The van der Waals surface area contributed by atoms with Crippen molar-refractivity contribution in [3.63, 3.8) is 0 Å². The zero-order chi connectivity index (χ0) is 8.10. The van der Waals surface area contributed by atoms with Gasteiger partial charge in [0.25, 0.3) is 0 Å². The molecule has 60 valence electrons. The first-order chi connectivity index (χ1) is 5.36. The monoisotopic (exact) mass is 151 g/mol. The number of hydrogen-bond acceptors (Lipinski definition) is 3. The lowest BCUT2D eigenvalue weighted by molar-refractivity contribution is 0.207. The van der Waals surface area contributed by atoms with Gasteiger partial charge in [0.05, 0.1) is 12.6 Å². The average molecular weight is 151 g/mol. The predicted molar refractivity (Wildman–Crippen MR) is 43.7 cm³/mol. The van der Waals surface area contributed by atoms with Gasteiger partial charge in [-0.3, -0.25) is 4.90 Å². The van der Waals surface area contributed by atoms with Crippen LogP contribution in [0.2, 0.25) is 0 Å². The van der Waals surface area contributed by atoms with Crippen molar-refractivity contribution < 1.29 is 0 Å². The summed E-state index contributed by atoms with van der Waals surface area (Å²) in [5.74, 6) is 0.497. The Morgan fingerprint density at radius 1 is 1.82 bits per heavy atom. The van der Waals surface area contributed by atoms with E-state index in [1.165, 1.54) is 0 Å². The minimum atomic E-state index is 0.497. The molecule has 3 nitrogen and oxygen atoms in total. The van der Waals surface area contributed by atoms with E-state index in [0.717, 1.165) is 19.8 Å². The molecule has 0 saturated carbocycles. The van der Waals surface area contributed by atoms with Crippen LogP contribution >= 0.6 is 0 Å². The Morgan fingerprint density at radius 3 is 3.27 bits per heavy atom. The maximum absolute atomic E-state index is 8.43. The van der Waals surface area contributed by atoms with Crippen LogP contribution in [-0.4, -0.2) is 31.2 Å². The van der Waals surface area contributed by atoms with E-state index in [2.05, 4.69) is 22.9 Å². The molecule has 1 heterocycles. The van der Waals surface area contributed by atoms with E-state index in [1.54, 1.807) is 0 Å². The summed E-state index contributed by atoms with van der Waals surface area (Å²) < 4.78 is 0. The van der Waals surface area contributed by atoms with E-state index in [4.69, 9.17) is 5.26 Å². The standard InChI is InChI=1S/C8H13N3/c1-2-8-5-10-7-11(6-8)4-3-9/h2,8,10H,1,4-7H2. The highest BCUT2D eigenvalue weighted by atomic mass is 15.2. The second-order valence-corrected chi connectivity index (χ2v) is 2.78. The summed E-state index contributed by atoms with van der Waals surface area (Å²) in [7, 11) is 0. The molecule has 0 bridgehead atoms. The second-order valence-electron chi connectivity index (χ2n) is 2.78. The van der Waals surface area contributed by atoms with Gasteiger partial charge < -0.3 is 5.32 Å². The summed E-state index contributed by atoms with van der Waals surface area (Å²) in [5.41, 5.74) is 0. The topological polar surface area (TPSA) is 39.1 Å². The Balaban J connectivity index is 2.34. The molecule has 0 radical (unpaired) electrons. The van der Waals surface area contributed by atoms with Crippen molar-refractivity contribution in [2.24, 2.45) is 5.92 Å². The molecule has 1 rings (SSSR count). The molecule has 0 aliphatic carbocycles. The van der Waals surface area contributed by atoms with Crippen molar-refractivity contribution >= 4 is 0 Å². The first kappa shape index (κ1) is 8.25. The summed E-state index contributed by atoms with van der Waals surface area (Å²) in [5, 5.41) is 11.7. The summed E-state index contributed by atoms with van der Waals surface area (Å²) in [6, 6.07) is 2.13. The SMILES string of the molecule is C=CC1CNCN(CC#N)C1. The lowest BCUT2D eigenvalue weighted by Crippen LogP contribution is -2.46. The second kappa shape index (κ2) is 4.12. The maximum Gasteiger partial charge on any atom is 0.0876 e. The molecule has 1 atom stereocenters. The molecule has 3 heteroatoms. The quantitative estimate of drug-likeness (QED) is 0.452. The molecule has 11 heavy (non-hydrogen) atoms. The van der Waals surface area contributed by atoms with E-state index in [1.807, 2.05) is 6.08 Å². The largest absolute Gasteiger partial charge is 0.304 e. The van der Waals surface area contributed by atoms with Crippen LogP contribution in [0.4, 0.5) is 0 Å². The fourth-order valence-electron chi connectivity index (χ4n) is 1.25. The maximum atomic E-state index is 8.43. The summed E-state index contributed by atoms with van der Waals surface area (Å²) in [4.78, 5) is 2.08. The van der Waals surface area contributed by atoms with Crippen molar-refractivity contribution in [3.8, 4) is 6.07 Å². The average Bonchev–Trinajstić information content (AvgIpc) is 2.06. The van der Waals surface area contributed by atoms with Crippen molar-refractivity contribution in [1.29, 1.82) is 5.26 Å². The van der Waals surface area contributed by atoms with Crippen LogP contribution in [0.3, 0.4) is 0 Å². The van der Waals surface area contributed by atoms with E-state index in [-0.39, 0.29) is 0 Å². The Labute approximate surface area is 67.3 Å². The Bertz CT molecular complexity index is 171. The summed E-state index contributed by atoms with van der Waals surface area (Å²) >= 11 is 0. The number of nitrogens with zero attached hydrogens (tertiary/aromatic N) is 2. The third-order valence-corrected chi connectivity index (χ3v) is 1.86. The molecule has 1 N–H and O–H groups in total. The van der Waals surface area contributed by atoms with Crippen LogP contribution in [-0.2, 0) is 0 Å². The van der Waals surface area contributed by atoms with Crippen LogP contribution in [0.15, 0.2) is 12.7 Å². The third kappa shape index (κ3) is 2.34. The highest BCUT2D eigenvalue weighted by Gasteiger charge is 2.15. The molecule has 1 aliphatic rings. The van der Waals surface area contributed by atoms with Crippen molar-refractivity contribution in [2.75, 3.05) is 26.3 Å². The molecule has 1 saturated heterocycles. The fraction of sp³-hybridized carbons (Fsp3) is 0.625. The fourth-order valence-corrected chi connectivity index (χ4v) is 1.25. The minimum Gasteiger partial charge on any atom is -0.304 e. The first-order valence-corrected chi connectivity index (χ1v) is 3.79. The first-order valence-electron chi connectivity index (χ1n) is 3.79. The number of nitriles is 1. The molecule has 0 aromatic carbocycles. The van der Waals surface area contributed by atoms with Crippen LogP contribution < -0.4 is 5.32 Å². The van der Waals surface area contributed by atoms with Crippen LogP contribution in [0, 0.1) is 17.2 Å². The molecular weight excluding hydrogens is 138 g/mol. The van der Waals surface area contributed by atoms with Gasteiger partial charge in [-0.1, -0.05) is 6.08 Å². The Hall–Kier alpha value is -0.850. The predicted octanol–water partition coefficient (Wildman–Crippen LogP) is 0.175. The van der Waals surface area contributed by atoms with Crippen molar-refractivity contribution in [3.05, 3.63) is 12.7 Å². The normalized spacial score (nSPS) is 25.9. The molecule has 0 amide bonds. The molecule has 0 aromatic rings. The highest BCUT2D eigenvalue weighted by molar-refractivity contribution is 4.88. The smallest absolute Gasteiger partial charge is 0.0876 e. The van der Waals surface area contributed by atoms with Gasteiger partial charge in [-0.15, -0.1) is 6.58 Å². The van der Waals surface area contributed by atoms with Gasteiger partial charge >= 0.3 is 0 Å². The van der Waals surface area contributed by atoms with Gasteiger partial charge in [0, 0.05) is 25.7 Å². The third-order valence-electron chi connectivity index (χ3n) is 1.86. The lowest BCUT2D eigenvalue weighted by Gasteiger charge is -2.29. The summed E-state index contributed by atoms with van der Waals surface area (Å²) in [6.45, 7) is 7.03. The Morgan fingerprint density at radius 2 is 2.64 bits per heavy atom. The number of nitrogens with one attached hydrogen (secondary N) is 1. The molecule has 0 aromatic heterocycles. The molecule has 1 aliphatic heterocycles. The van der Waals surface area contributed by atoms with Gasteiger partial charge in [0.2, 0.25) is 0 Å². The zero-order valence-electron chi connectivity index (χ0n) is 6.58. The van der Waals surface area contributed by atoms with Gasteiger partial charge in [-0.05, 0) is 0 Å². The van der Waals surface area contributed by atoms with Gasteiger partial charge in [-0.2, -0.15) is 5.26 Å². The number of hydrogen-bond donors (Lipinski definition) is 1. The Kier molecular flexibility index (Phi) is 3.09. The van der Waals surface area contributed by atoms with Gasteiger partial charge in [0.1, 0.15) is 0 Å². The molecule has 1 fully saturated rings. The lowest BCUT2D eigenvalue weighted by atomic mass is 10.1. The van der Waals surface area contributed by atoms with E-state index in [9.17, 15) is 0 Å². The van der Waals surface area contributed by atoms with Crippen LogP contribution in [0.5, 0.6) is 0 Å². The summed E-state index contributed by atoms with van der Waals surface area (Å²) in [6.07, 6.45) is 1.94. The van der Waals surface area contributed by atoms with E-state index in [0.29, 0.717) is 12.5 Å². The molecule has 0 spiro atoms. The highest BCUT2D eigenvalue weighted by Crippen LogP contribution is 2.04. The number of rotatable bonds is 2. The van der Waals surface area contributed by atoms with Crippen LogP contribution in [0.1, 0.15) is 0 Å². The molecule has 1 unspecified atom stereocenters.